The van der Waals surface area contributed by atoms with Crippen molar-refractivity contribution in [3.05, 3.63) is 59.7 Å². The molecule has 0 unspecified atom stereocenters. The molecule has 0 saturated heterocycles. The van der Waals surface area contributed by atoms with Crippen LogP contribution in [0.4, 0.5) is 0 Å². The molecule has 108 valence electrons. The molecule has 0 aliphatic carbocycles. The van der Waals surface area contributed by atoms with E-state index in [9.17, 15) is 9.59 Å². The van der Waals surface area contributed by atoms with Crippen molar-refractivity contribution in [1.29, 1.82) is 0 Å². The van der Waals surface area contributed by atoms with Crippen LogP contribution in [0.1, 0.15) is 29.3 Å². The fraction of sp³-hybridized carbons (Fsp3) is 0.176. The molecule has 0 saturated carbocycles. The van der Waals surface area contributed by atoms with Crippen LogP contribution in [-0.2, 0) is 11.2 Å². The minimum atomic E-state index is -0.524. The maximum absolute atomic E-state index is 11.3. The average Bonchev–Trinajstić information content (AvgIpc) is 2.47. The maximum Gasteiger partial charge on any atom is 0.252 e. The number of ether oxygens (including phenoxy) is 1. The van der Waals surface area contributed by atoms with Crippen molar-refractivity contribution in [2.45, 2.75) is 19.8 Å². The van der Waals surface area contributed by atoms with E-state index >= 15 is 0 Å². The van der Waals surface area contributed by atoms with Gasteiger partial charge in [0.05, 0.1) is 5.56 Å². The Balaban J connectivity index is 2.10. The van der Waals surface area contributed by atoms with Crippen LogP contribution in [0.25, 0.3) is 0 Å². The van der Waals surface area contributed by atoms with Gasteiger partial charge in [0.15, 0.2) is 0 Å². The SMILES string of the molecule is CC(=O)CCc1ccc(Oc2ccccc2C(N)=O)cc1. The van der Waals surface area contributed by atoms with Gasteiger partial charge >= 0.3 is 0 Å². The van der Waals surface area contributed by atoms with E-state index in [2.05, 4.69) is 0 Å². The lowest BCUT2D eigenvalue weighted by Crippen LogP contribution is -2.11. The molecule has 1 amide bonds. The van der Waals surface area contributed by atoms with Gasteiger partial charge < -0.3 is 15.3 Å². The Morgan fingerprint density at radius 2 is 1.71 bits per heavy atom. The van der Waals surface area contributed by atoms with E-state index in [1.165, 1.54) is 0 Å². The normalized spacial score (nSPS) is 10.1. The van der Waals surface area contributed by atoms with Crippen molar-refractivity contribution >= 4 is 11.7 Å². The minimum Gasteiger partial charge on any atom is -0.457 e. The number of carbonyl (C=O) groups is 2. The van der Waals surface area contributed by atoms with Crippen molar-refractivity contribution in [3.63, 3.8) is 0 Å². The molecule has 2 aromatic rings. The first-order valence-electron chi connectivity index (χ1n) is 6.71. The van der Waals surface area contributed by atoms with Gasteiger partial charge in [0, 0.05) is 6.42 Å². The number of nitrogens with two attached hydrogens (primary N) is 1. The lowest BCUT2D eigenvalue weighted by Gasteiger charge is -2.09. The van der Waals surface area contributed by atoms with Gasteiger partial charge in [-0.1, -0.05) is 24.3 Å². The molecule has 2 aromatic carbocycles. The van der Waals surface area contributed by atoms with Gasteiger partial charge in [0.1, 0.15) is 17.3 Å². The molecule has 2 N–H and O–H groups in total. The zero-order chi connectivity index (χ0) is 15.2. The van der Waals surface area contributed by atoms with Gasteiger partial charge in [0.25, 0.3) is 5.91 Å². The fourth-order valence-electron chi connectivity index (χ4n) is 1.93. The van der Waals surface area contributed by atoms with Crippen LogP contribution in [0.3, 0.4) is 0 Å². The van der Waals surface area contributed by atoms with Crippen molar-refractivity contribution in [1.82, 2.24) is 0 Å². The van der Waals surface area contributed by atoms with Gasteiger partial charge in [-0.05, 0) is 43.2 Å². The maximum atomic E-state index is 11.3. The molecule has 0 heterocycles. The number of hydrogen-bond acceptors (Lipinski definition) is 3. The standard InChI is InChI=1S/C17H17NO3/c1-12(19)6-7-13-8-10-14(11-9-13)21-16-5-3-2-4-15(16)17(18)20/h2-5,8-11H,6-7H2,1H3,(H2,18,20). The van der Waals surface area contributed by atoms with Crippen LogP contribution in [0.5, 0.6) is 11.5 Å². The Hall–Kier alpha value is -2.62. The Bertz CT molecular complexity index is 647. The quantitative estimate of drug-likeness (QED) is 0.885. The molecule has 0 fully saturated rings. The number of hydrogen-bond donors (Lipinski definition) is 1. The fourth-order valence-corrected chi connectivity index (χ4v) is 1.93. The summed E-state index contributed by atoms with van der Waals surface area (Å²) in [6, 6.07) is 14.3. The number of aryl methyl sites for hydroxylation is 1. The first-order chi connectivity index (χ1) is 10.1. The highest BCUT2D eigenvalue weighted by Crippen LogP contribution is 2.25. The molecule has 0 aliphatic rings. The minimum absolute atomic E-state index is 0.172. The molecule has 0 radical (unpaired) electrons. The third-order valence-corrected chi connectivity index (χ3v) is 3.07. The number of Topliss-reactive ketones (excluding diaryl/α,β-unsaturated/α-hetero) is 1. The van der Waals surface area contributed by atoms with Crippen molar-refractivity contribution in [2.75, 3.05) is 0 Å². The second kappa shape index (κ2) is 6.70. The summed E-state index contributed by atoms with van der Waals surface area (Å²) in [5.41, 5.74) is 6.72. The largest absolute Gasteiger partial charge is 0.457 e. The van der Waals surface area contributed by atoms with Gasteiger partial charge in [-0.3, -0.25) is 4.79 Å². The van der Waals surface area contributed by atoms with Crippen molar-refractivity contribution < 1.29 is 14.3 Å². The van der Waals surface area contributed by atoms with Crippen LogP contribution in [-0.4, -0.2) is 11.7 Å². The van der Waals surface area contributed by atoms with E-state index in [0.717, 1.165) is 5.56 Å². The van der Waals surface area contributed by atoms with Crippen molar-refractivity contribution in [3.8, 4) is 11.5 Å². The van der Waals surface area contributed by atoms with Crippen LogP contribution in [0.15, 0.2) is 48.5 Å². The summed E-state index contributed by atoms with van der Waals surface area (Å²) in [6.07, 6.45) is 1.25. The first kappa shape index (κ1) is 14.8. The summed E-state index contributed by atoms with van der Waals surface area (Å²) < 4.78 is 5.68. The van der Waals surface area contributed by atoms with Gasteiger partial charge in [-0.2, -0.15) is 0 Å². The molecule has 0 spiro atoms. The molecule has 4 heteroatoms. The molecule has 21 heavy (non-hydrogen) atoms. The number of carbonyl (C=O) groups excluding carboxylic acids is 2. The number of rotatable bonds is 6. The van der Waals surface area contributed by atoms with Gasteiger partial charge in [-0.25, -0.2) is 0 Å². The summed E-state index contributed by atoms with van der Waals surface area (Å²) in [6.45, 7) is 1.58. The molecular formula is C17H17NO3. The Morgan fingerprint density at radius 1 is 1.05 bits per heavy atom. The summed E-state index contributed by atoms with van der Waals surface area (Å²) in [4.78, 5) is 22.3. The van der Waals surface area contributed by atoms with Gasteiger partial charge in [0.2, 0.25) is 0 Å². The Kier molecular flexibility index (Phi) is 4.72. The van der Waals surface area contributed by atoms with E-state index in [4.69, 9.17) is 10.5 Å². The third-order valence-electron chi connectivity index (χ3n) is 3.07. The lowest BCUT2D eigenvalue weighted by atomic mass is 10.1. The predicted octanol–water partition coefficient (Wildman–Crippen LogP) is 3.10. The van der Waals surface area contributed by atoms with Crippen LogP contribution < -0.4 is 10.5 Å². The Morgan fingerprint density at radius 3 is 2.33 bits per heavy atom. The molecule has 2 rings (SSSR count). The van der Waals surface area contributed by atoms with Gasteiger partial charge in [-0.15, -0.1) is 0 Å². The molecule has 4 nitrogen and oxygen atoms in total. The number of benzene rings is 2. The highest BCUT2D eigenvalue weighted by Gasteiger charge is 2.09. The summed E-state index contributed by atoms with van der Waals surface area (Å²) >= 11 is 0. The number of primary amides is 1. The molecule has 0 atom stereocenters. The van der Waals surface area contributed by atoms with E-state index in [-0.39, 0.29) is 5.78 Å². The second-order valence-electron chi connectivity index (χ2n) is 4.81. The third kappa shape index (κ3) is 4.18. The summed E-state index contributed by atoms with van der Waals surface area (Å²) in [5.74, 6) is 0.700. The van der Waals surface area contributed by atoms with E-state index < -0.39 is 5.91 Å². The zero-order valence-electron chi connectivity index (χ0n) is 11.8. The predicted molar refractivity (Wildman–Crippen MR) is 80.5 cm³/mol. The highest BCUT2D eigenvalue weighted by atomic mass is 16.5. The zero-order valence-corrected chi connectivity index (χ0v) is 11.8. The molecule has 0 aliphatic heterocycles. The smallest absolute Gasteiger partial charge is 0.252 e. The number of para-hydroxylation sites is 1. The summed E-state index contributed by atoms with van der Waals surface area (Å²) in [5, 5.41) is 0. The second-order valence-corrected chi connectivity index (χ2v) is 4.81. The Labute approximate surface area is 123 Å². The summed E-state index contributed by atoms with van der Waals surface area (Å²) in [7, 11) is 0. The number of amides is 1. The number of ketones is 1. The van der Waals surface area contributed by atoms with Crippen molar-refractivity contribution in [2.24, 2.45) is 5.73 Å². The molecular weight excluding hydrogens is 266 g/mol. The molecule has 0 bridgehead atoms. The average molecular weight is 283 g/mol. The van der Waals surface area contributed by atoms with Crippen LogP contribution in [0, 0.1) is 0 Å². The van der Waals surface area contributed by atoms with E-state index in [1.54, 1.807) is 31.2 Å². The lowest BCUT2D eigenvalue weighted by molar-refractivity contribution is -0.116. The monoisotopic (exact) mass is 283 g/mol. The first-order valence-corrected chi connectivity index (χ1v) is 6.71. The van der Waals surface area contributed by atoms with Crippen LogP contribution >= 0.6 is 0 Å². The van der Waals surface area contributed by atoms with E-state index in [0.29, 0.717) is 29.9 Å². The highest BCUT2D eigenvalue weighted by molar-refractivity contribution is 5.95. The topological polar surface area (TPSA) is 69.4 Å². The molecule has 0 aromatic heterocycles. The van der Waals surface area contributed by atoms with E-state index in [1.807, 2.05) is 24.3 Å². The van der Waals surface area contributed by atoms with Crippen LogP contribution in [0.2, 0.25) is 0 Å².